The maximum absolute atomic E-state index is 11.8. The zero-order chi connectivity index (χ0) is 13.0. The summed E-state index contributed by atoms with van der Waals surface area (Å²) in [7, 11) is 0. The molecule has 116 valence electrons. The molecule has 20 heavy (non-hydrogen) atoms. The summed E-state index contributed by atoms with van der Waals surface area (Å²) < 4.78 is 5.38. The Morgan fingerprint density at radius 2 is 2.20 bits per heavy atom. The van der Waals surface area contributed by atoms with Gasteiger partial charge in [0.05, 0.1) is 12.3 Å². The number of aromatic amines is 1. The molecule has 1 aromatic heterocycles. The van der Waals surface area contributed by atoms with Crippen molar-refractivity contribution in [3.05, 3.63) is 17.0 Å². The largest absolute Gasteiger partial charge is 0.366 e. The number of carbonyl (C=O) groups is 1. The van der Waals surface area contributed by atoms with Crippen molar-refractivity contribution in [3.8, 4) is 0 Å². The highest BCUT2D eigenvalue weighted by Crippen LogP contribution is 2.09. The third kappa shape index (κ3) is 4.94. The van der Waals surface area contributed by atoms with E-state index >= 15 is 0 Å². The van der Waals surface area contributed by atoms with Crippen molar-refractivity contribution < 1.29 is 9.53 Å². The van der Waals surface area contributed by atoms with Gasteiger partial charge in [0.25, 0.3) is 0 Å². The first-order chi connectivity index (χ1) is 8.68. The van der Waals surface area contributed by atoms with Gasteiger partial charge in [0.1, 0.15) is 6.10 Å². The molecule has 1 aliphatic rings. The number of halogens is 2. The van der Waals surface area contributed by atoms with Gasteiger partial charge in [-0.05, 0) is 25.8 Å². The van der Waals surface area contributed by atoms with Gasteiger partial charge in [-0.3, -0.25) is 9.89 Å². The summed E-state index contributed by atoms with van der Waals surface area (Å²) in [5.41, 5.74) is 3.24. The van der Waals surface area contributed by atoms with Crippen molar-refractivity contribution in [1.82, 2.24) is 20.8 Å². The third-order valence-electron chi connectivity index (χ3n) is 3.17. The van der Waals surface area contributed by atoms with Crippen LogP contribution in [0.2, 0.25) is 0 Å². The molecule has 1 saturated heterocycles. The Bertz CT molecular complexity index is 400. The van der Waals surface area contributed by atoms with Crippen LogP contribution in [0.1, 0.15) is 17.0 Å². The van der Waals surface area contributed by atoms with Crippen molar-refractivity contribution in [2.45, 2.75) is 26.4 Å². The number of aryl methyl sites for hydroxylation is 2. The van der Waals surface area contributed by atoms with E-state index in [-0.39, 0.29) is 36.8 Å². The van der Waals surface area contributed by atoms with Gasteiger partial charge in [0, 0.05) is 25.3 Å². The zero-order valence-electron chi connectivity index (χ0n) is 11.7. The number of rotatable bonds is 4. The lowest BCUT2D eigenvalue weighted by Gasteiger charge is -2.22. The van der Waals surface area contributed by atoms with Gasteiger partial charge in [-0.2, -0.15) is 5.10 Å². The van der Waals surface area contributed by atoms with E-state index < -0.39 is 0 Å². The standard InChI is InChI=1S/C12H20N4O2.2ClH/c1-8-10(9(2)16-15-8)3-4-14-12(17)11-7-13-5-6-18-11;;/h11,13H,3-7H2,1-2H3,(H,14,17)(H,15,16);2*1H. The second-order valence-corrected chi connectivity index (χ2v) is 4.52. The minimum absolute atomic E-state index is 0. The molecule has 0 radical (unpaired) electrons. The van der Waals surface area contributed by atoms with Gasteiger partial charge in [0.2, 0.25) is 5.91 Å². The molecule has 0 aromatic carbocycles. The Morgan fingerprint density at radius 1 is 1.45 bits per heavy atom. The first kappa shape index (κ1) is 19.2. The van der Waals surface area contributed by atoms with E-state index in [1.807, 2.05) is 13.8 Å². The number of nitrogens with zero attached hydrogens (tertiary/aromatic N) is 1. The van der Waals surface area contributed by atoms with Crippen LogP contribution in [0.15, 0.2) is 0 Å². The number of aromatic nitrogens is 2. The fourth-order valence-corrected chi connectivity index (χ4v) is 2.10. The minimum atomic E-state index is -0.356. The van der Waals surface area contributed by atoms with Crippen LogP contribution in [-0.2, 0) is 16.0 Å². The van der Waals surface area contributed by atoms with E-state index in [1.165, 1.54) is 5.56 Å². The number of carbonyl (C=O) groups excluding carboxylic acids is 1. The van der Waals surface area contributed by atoms with Crippen LogP contribution < -0.4 is 10.6 Å². The maximum Gasteiger partial charge on any atom is 0.250 e. The Hall–Kier alpha value is -0.820. The highest BCUT2D eigenvalue weighted by molar-refractivity contribution is 5.85. The van der Waals surface area contributed by atoms with E-state index in [2.05, 4.69) is 20.8 Å². The third-order valence-corrected chi connectivity index (χ3v) is 3.17. The second-order valence-electron chi connectivity index (χ2n) is 4.52. The van der Waals surface area contributed by atoms with Crippen molar-refractivity contribution in [2.75, 3.05) is 26.2 Å². The topological polar surface area (TPSA) is 79.0 Å². The van der Waals surface area contributed by atoms with Gasteiger partial charge in [0.15, 0.2) is 0 Å². The molecule has 0 spiro atoms. The van der Waals surface area contributed by atoms with Crippen molar-refractivity contribution in [3.63, 3.8) is 0 Å². The zero-order valence-corrected chi connectivity index (χ0v) is 13.3. The summed E-state index contributed by atoms with van der Waals surface area (Å²) >= 11 is 0. The normalized spacial score (nSPS) is 17.8. The lowest BCUT2D eigenvalue weighted by atomic mass is 10.1. The highest BCUT2D eigenvalue weighted by Gasteiger charge is 2.21. The number of H-pyrrole nitrogens is 1. The average molecular weight is 325 g/mol. The smallest absolute Gasteiger partial charge is 0.250 e. The number of hydrogen-bond donors (Lipinski definition) is 3. The number of hydrogen-bond acceptors (Lipinski definition) is 4. The molecule has 6 nitrogen and oxygen atoms in total. The Morgan fingerprint density at radius 3 is 2.75 bits per heavy atom. The van der Waals surface area contributed by atoms with Gasteiger partial charge in [-0.15, -0.1) is 24.8 Å². The van der Waals surface area contributed by atoms with Gasteiger partial charge in [-0.1, -0.05) is 0 Å². The Labute approximate surface area is 131 Å². The molecule has 3 N–H and O–H groups in total. The molecule has 1 unspecified atom stereocenters. The first-order valence-corrected chi connectivity index (χ1v) is 6.29. The molecule has 1 aromatic rings. The fraction of sp³-hybridized carbons (Fsp3) is 0.667. The number of morpholine rings is 1. The molecule has 1 fully saturated rings. The highest BCUT2D eigenvalue weighted by atomic mass is 35.5. The Kier molecular flexibility index (Phi) is 8.80. The summed E-state index contributed by atoms with van der Waals surface area (Å²) in [5, 5.41) is 13.1. The van der Waals surface area contributed by atoms with Crippen molar-refractivity contribution >= 4 is 30.7 Å². The molecule has 2 heterocycles. The van der Waals surface area contributed by atoms with E-state index in [4.69, 9.17) is 4.74 Å². The molecular weight excluding hydrogens is 303 g/mol. The molecule has 1 amide bonds. The lowest BCUT2D eigenvalue weighted by molar-refractivity contribution is -0.134. The molecule has 1 atom stereocenters. The molecule has 0 bridgehead atoms. The number of nitrogens with one attached hydrogen (secondary N) is 3. The van der Waals surface area contributed by atoms with Crippen LogP contribution in [0.25, 0.3) is 0 Å². The molecular formula is C12H22Cl2N4O2. The lowest BCUT2D eigenvalue weighted by Crippen LogP contribution is -2.48. The molecule has 0 aliphatic carbocycles. The van der Waals surface area contributed by atoms with Crippen LogP contribution in [0.5, 0.6) is 0 Å². The van der Waals surface area contributed by atoms with Gasteiger partial charge < -0.3 is 15.4 Å². The van der Waals surface area contributed by atoms with Crippen LogP contribution in [-0.4, -0.2) is 48.4 Å². The number of amides is 1. The summed E-state index contributed by atoms with van der Waals surface area (Å²) in [4.78, 5) is 11.8. The predicted molar refractivity (Wildman–Crippen MR) is 81.9 cm³/mol. The SMILES string of the molecule is Cc1n[nH]c(C)c1CCNC(=O)C1CNCCO1.Cl.Cl. The van der Waals surface area contributed by atoms with E-state index in [1.54, 1.807) is 0 Å². The molecule has 0 saturated carbocycles. The van der Waals surface area contributed by atoms with E-state index in [0.29, 0.717) is 19.7 Å². The van der Waals surface area contributed by atoms with E-state index in [0.717, 1.165) is 24.4 Å². The molecule has 2 rings (SSSR count). The van der Waals surface area contributed by atoms with Crippen molar-refractivity contribution in [1.29, 1.82) is 0 Å². The summed E-state index contributed by atoms with van der Waals surface area (Å²) in [6.07, 6.45) is 0.436. The molecule has 8 heteroatoms. The van der Waals surface area contributed by atoms with Crippen LogP contribution in [0.3, 0.4) is 0 Å². The van der Waals surface area contributed by atoms with Crippen LogP contribution in [0, 0.1) is 13.8 Å². The van der Waals surface area contributed by atoms with E-state index in [9.17, 15) is 4.79 Å². The summed E-state index contributed by atoms with van der Waals surface area (Å²) in [6, 6.07) is 0. The monoisotopic (exact) mass is 324 g/mol. The van der Waals surface area contributed by atoms with Gasteiger partial charge in [-0.25, -0.2) is 0 Å². The fourth-order valence-electron chi connectivity index (χ4n) is 2.10. The first-order valence-electron chi connectivity index (χ1n) is 6.29. The maximum atomic E-state index is 11.8. The van der Waals surface area contributed by atoms with Crippen LogP contribution >= 0.6 is 24.8 Å². The van der Waals surface area contributed by atoms with Crippen molar-refractivity contribution in [2.24, 2.45) is 0 Å². The quantitative estimate of drug-likeness (QED) is 0.754. The average Bonchev–Trinajstić information content (AvgIpc) is 2.71. The summed E-state index contributed by atoms with van der Waals surface area (Å²) in [5.74, 6) is -0.0407. The van der Waals surface area contributed by atoms with Gasteiger partial charge >= 0.3 is 0 Å². The number of ether oxygens (including phenoxy) is 1. The Balaban J connectivity index is 0.00000180. The van der Waals surface area contributed by atoms with Crippen LogP contribution in [0.4, 0.5) is 0 Å². The molecule has 1 aliphatic heterocycles. The minimum Gasteiger partial charge on any atom is -0.366 e. The second kappa shape index (κ2) is 9.18. The predicted octanol–water partition coefficient (Wildman–Crippen LogP) is 0.517. The summed E-state index contributed by atoms with van der Waals surface area (Å²) in [6.45, 7) is 6.57.